The minimum Gasteiger partial charge on any atom is -0.342 e. The molecule has 1 saturated carbocycles. The molecule has 1 aliphatic carbocycles. The van der Waals surface area contributed by atoms with E-state index in [-0.39, 0.29) is 25.0 Å². The molecular formula is C20H19ClF3N7O2S. The lowest BCUT2D eigenvalue weighted by molar-refractivity contribution is -0.137. The van der Waals surface area contributed by atoms with Crippen molar-refractivity contribution in [3.8, 4) is 5.82 Å². The van der Waals surface area contributed by atoms with Crippen molar-refractivity contribution in [3.63, 3.8) is 0 Å². The SMILES string of the molecule is C[C@H](NC(=O)c1cncc(C(F)(F)F)c1)c1ncnn1-c1ccc(NC(=O)C2(Cl)CC2)cn1.S. The molecule has 3 aromatic rings. The van der Waals surface area contributed by atoms with Crippen LogP contribution in [0.1, 0.15) is 47.6 Å². The summed E-state index contributed by atoms with van der Waals surface area (Å²) < 4.78 is 40.0. The van der Waals surface area contributed by atoms with Crippen molar-refractivity contribution in [3.05, 3.63) is 60.1 Å². The lowest BCUT2D eigenvalue weighted by Crippen LogP contribution is -2.29. The molecule has 0 aliphatic heterocycles. The first kappa shape index (κ1) is 25.4. The molecule has 14 heteroatoms. The van der Waals surface area contributed by atoms with Crippen molar-refractivity contribution in [2.45, 2.75) is 36.9 Å². The summed E-state index contributed by atoms with van der Waals surface area (Å²) in [5.41, 5.74) is -0.812. The summed E-state index contributed by atoms with van der Waals surface area (Å²) >= 11 is 6.08. The lowest BCUT2D eigenvalue weighted by Gasteiger charge is -2.15. The molecule has 0 unspecified atom stereocenters. The number of aromatic nitrogens is 5. The number of nitrogens with one attached hydrogen (secondary N) is 2. The summed E-state index contributed by atoms with van der Waals surface area (Å²) in [6, 6.07) is 3.21. The van der Waals surface area contributed by atoms with Gasteiger partial charge in [-0.1, -0.05) is 0 Å². The minimum atomic E-state index is -4.62. The van der Waals surface area contributed by atoms with Gasteiger partial charge in [-0.2, -0.15) is 36.4 Å². The molecule has 2 amide bonds. The normalized spacial score (nSPS) is 15.1. The second-order valence-corrected chi connectivity index (χ2v) is 8.23. The van der Waals surface area contributed by atoms with Gasteiger partial charge in [0.15, 0.2) is 11.6 Å². The van der Waals surface area contributed by atoms with Crippen LogP contribution >= 0.6 is 25.1 Å². The average molecular weight is 514 g/mol. The quantitative estimate of drug-likeness (QED) is 0.488. The Morgan fingerprint density at radius 2 is 1.91 bits per heavy atom. The molecule has 1 fully saturated rings. The van der Waals surface area contributed by atoms with Gasteiger partial charge in [-0.25, -0.2) is 9.97 Å². The van der Waals surface area contributed by atoms with Crippen LogP contribution < -0.4 is 10.6 Å². The summed E-state index contributed by atoms with van der Waals surface area (Å²) in [6.07, 6.45) is 0.998. The van der Waals surface area contributed by atoms with E-state index in [0.29, 0.717) is 36.4 Å². The average Bonchev–Trinajstić information content (AvgIpc) is 3.34. The standard InChI is InChI=1S/C20H17ClF3N7O2.H2S/c1-11(29-17(32)12-6-13(8-25-7-12)20(22,23)24)16-27-10-28-31(16)15-3-2-14(9-26-15)30-18(33)19(21)4-5-19;/h2-3,6-11H,4-5H2,1H3,(H,29,32)(H,30,33);1H2/t11-;/m0./s1. The summed E-state index contributed by atoms with van der Waals surface area (Å²) in [7, 11) is 0. The zero-order valence-electron chi connectivity index (χ0n) is 17.6. The summed E-state index contributed by atoms with van der Waals surface area (Å²) in [5, 5.41) is 9.37. The maximum Gasteiger partial charge on any atom is 0.417 e. The molecule has 1 atom stereocenters. The van der Waals surface area contributed by atoms with Gasteiger partial charge in [0.05, 0.1) is 29.1 Å². The number of amides is 2. The van der Waals surface area contributed by atoms with Gasteiger partial charge in [-0.3, -0.25) is 14.6 Å². The smallest absolute Gasteiger partial charge is 0.342 e. The highest BCUT2D eigenvalue weighted by Crippen LogP contribution is 2.43. The monoisotopic (exact) mass is 513 g/mol. The first-order valence-corrected chi connectivity index (χ1v) is 10.1. The van der Waals surface area contributed by atoms with Gasteiger partial charge in [-0.15, -0.1) is 11.6 Å². The van der Waals surface area contributed by atoms with Gasteiger partial charge in [0, 0.05) is 12.4 Å². The van der Waals surface area contributed by atoms with Crippen molar-refractivity contribution >= 4 is 42.6 Å². The predicted octanol–water partition coefficient (Wildman–Crippen LogP) is 3.39. The molecule has 4 rings (SSSR count). The Balaban J connectivity index is 0.00000324. The molecular weight excluding hydrogens is 495 g/mol. The van der Waals surface area contributed by atoms with Crippen LogP contribution in [-0.2, 0) is 11.0 Å². The molecule has 3 heterocycles. The van der Waals surface area contributed by atoms with Crippen LogP contribution in [0, 0.1) is 0 Å². The zero-order valence-corrected chi connectivity index (χ0v) is 19.4. The number of hydrogen-bond donors (Lipinski definition) is 2. The molecule has 0 spiro atoms. The fourth-order valence-electron chi connectivity index (χ4n) is 2.95. The van der Waals surface area contributed by atoms with Gasteiger partial charge < -0.3 is 10.6 Å². The van der Waals surface area contributed by atoms with E-state index < -0.39 is 28.6 Å². The van der Waals surface area contributed by atoms with E-state index in [0.717, 1.165) is 12.3 Å². The predicted molar refractivity (Wildman–Crippen MR) is 121 cm³/mol. The van der Waals surface area contributed by atoms with Crippen molar-refractivity contribution in [2.75, 3.05) is 5.32 Å². The van der Waals surface area contributed by atoms with Gasteiger partial charge >= 0.3 is 6.18 Å². The Hall–Kier alpha value is -3.19. The number of carbonyl (C=O) groups is 2. The third-order valence-electron chi connectivity index (χ3n) is 4.96. The number of rotatable bonds is 6. The highest BCUT2D eigenvalue weighted by Gasteiger charge is 2.48. The number of hydrogen-bond acceptors (Lipinski definition) is 6. The maximum absolute atomic E-state index is 12.9. The molecule has 0 aromatic carbocycles. The third kappa shape index (κ3) is 5.47. The van der Waals surface area contributed by atoms with Gasteiger partial charge in [0.25, 0.3) is 5.91 Å². The number of halogens is 4. The van der Waals surface area contributed by atoms with E-state index in [1.165, 1.54) is 17.2 Å². The molecule has 3 aromatic heterocycles. The van der Waals surface area contributed by atoms with Crippen LogP contribution in [0.25, 0.3) is 5.82 Å². The first-order chi connectivity index (χ1) is 15.6. The number of alkyl halides is 4. The molecule has 9 nitrogen and oxygen atoms in total. The van der Waals surface area contributed by atoms with Crippen LogP contribution in [0.3, 0.4) is 0 Å². The third-order valence-corrected chi connectivity index (χ3v) is 5.51. The highest BCUT2D eigenvalue weighted by atomic mass is 35.5. The van der Waals surface area contributed by atoms with Crippen LogP contribution in [-0.4, -0.2) is 41.4 Å². The fourth-order valence-corrected chi connectivity index (χ4v) is 3.09. The summed E-state index contributed by atoms with van der Waals surface area (Å²) in [5.74, 6) is -0.392. The highest BCUT2D eigenvalue weighted by molar-refractivity contribution is 7.59. The van der Waals surface area contributed by atoms with E-state index in [1.807, 2.05) is 0 Å². The topological polar surface area (TPSA) is 115 Å². The second kappa shape index (κ2) is 9.58. The number of pyridine rings is 2. The lowest BCUT2D eigenvalue weighted by atomic mass is 10.2. The fraction of sp³-hybridized carbons (Fsp3) is 0.300. The number of nitrogens with zero attached hydrogens (tertiary/aromatic N) is 5. The molecule has 34 heavy (non-hydrogen) atoms. The van der Waals surface area contributed by atoms with E-state index in [4.69, 9.17) is 11.6 Å². The van der Waals surface area contributed by atoms with Crippen molar-refractivity contribution in [2.24, 2.45) is 0 Å². The van der Waals surface area contributed by atoms with Gasteiger partial charge in [0.1, 0.15) is 11.2 Å². The molecule has 180 valence electrons. The van der Waals surface area contributed by atoms with Crippen LogP contribution in [0.4, 0.5) is 18.9 Å². The molecule has 0 radical (unpaired) electrons. The van der Waals surface area contributed by atoms with Gasteiger partial charge in [0.2, 0.25) is 5.91 Å². The van der Waals surface area contributed by atoms with E-state index in [2.05, 4.69) is 30.7 Å². The number of anilines is 1. The van der Waals surface area contributed by atoms with Crippen molar-refractivity contribution < 1.29 is 22.8 Å². The van der Waals surface area contributed by atoms with Gasteiger partial charge in [-0.05, 0) is 38.0 Å². The Bertz CT molecular complexity index is 1200. The van der Waals surface area contributed by atoms with E-state index in [9.17, 15) is 22.8 Å². The van der Waals surface area contributed by atoms with Crippen molar-refractivity contribution in [1.82, 2.24) is 30.0 Å². The molecule has 2 N–H and O–H groups in total. The zero-order chi connectivity index (χ0) is 23.8. The Morgan fingerprint density at radius 1 is 1.18 bits per heavy atom. The molecule has 0 saturated heterocycles. The Morgan fingerprint density at radius 3 is 2.53 bits per heavy atom. The first-order valence-electron chi connectivity index (χ1n) is 9.77. The maximum atomic E-state index is 12.9. The molecule has 1 aliphatic rings. The number of carbonyl (C=O) groups excluding carboxylic acids is 2. The van der Waals surface area contributed by atoms with Crippen molar-refractivity contribution in [1.29, 1.82) is 0 Å². The van der Waals surface area contributed by atoms with E-state index in [1.54, 1.807) is 19.1 Å². The second-order valence-electron chi connectivity index (χ2n) is 7.51. The Kier molecular flexibility index (Phi) is 7.17. The van der Waals surface area contributed by atoms with E-state index >= 15 is 0 Å². The summed E-state index contributed by atoms with van der Waals surface area (Å²) in [6.45, 7) is 1.60. The Labute approximate surface area is 203 Å². The minimum absolute atomic E-state index is 0. The largest absolute Gasteiger partial charge is 0.417 e. The van der Waals surface area contributed by atoms with Crippen LogP contribution in [0.15, 0.2) is 43.1 Å². The van der Waals surface area contributed by atoms with Crippen LogP contribution in [0.2, 0.25) is 0 Å². The molecule has 0 bridgehead atoms. The van der Waals surface area contributed by atoms with Crippen LogP contribution in [0.5, 0.6) is 0 Å². The summed E-state index contributed by atoms with van der Waals surface area (Å²) in [4.78, 5) is 35.5.